The first-order valence-corrected chi connectivity index (χ1v) is 6.23. The van der Waals surface area contributed by atoms with Crippen molar-refractivity contribution >= 4 is 23.3 Å². The number of carbonyl (C=O) groups excluding carboxylic acids is 1. The summed E-state index contributed by atoms with van der Waals surface area (Å²) in [5.41, 5.74) is 7.00. The first kappa shape index (κ1) is 13.4. The van der Waals surface area contributed by atoms with Crippen LogP contribution in [-0.2, 0) is 4.79 Å². The molecule has 6 heteroatoms. The molecule has 1 aromatic carbocycles. The Morgan fingerprint density at radius 1 is 1.47 bits per heavy atom. The fourth-order valence-corrected chi connectivity index (χ4v) is 1.89. The Morgan fingerprint density at radius 2 is 2.21 bits per heavy atom. The molecule has 1 unspecified atom stereocenters. The minimum absolute atomic E-state index is 0.421. The van der Waals surface area contributed by atoms with Gasteiger partial charge >= 0.3 is 0 Å². The van der Waals surface area contributed by atoms with E-state index in [2.05, 4.69) is 10.4 Å². The Balaban J connectivity index is 2.29. The number of hydrogen-bond acceptors (Lipinski definition) is 3. The van der Waals surface area contributed by atoms with Crippen molar-refractivity contribution in [1.29, 1.82) is 0 Å². The standard InChI is InChI=1S/C13H15ClN4O/c1-8-6-12(16-9(2)13(15)19)17-18(8)11-5-3-4-10(14)7-11/h3-7,9H,1-2H3,(H2,15,19)(H,16,17). The van der Waals surface area contributed by atoms with E-state index in [4.69, 9.17) is 17.3 Å². The molecule has 0 saturated carbocycles. The van der Waals surface area contributed by atoms with Gasteiger partial charge in [0.2, 0.25) is 5.91 Å². The molecule has 1 amide bonds. The van der Waals surface area contributed by atoms with Crippen LogP contribution in [0.2, 0.25) is 5.02 Å². The number of rotatable bonds is 4. The second-order valence-electron chi connectivity index (χ2n) is 4.33. The van der Waals surface area contributed by atoms with Gasteiger partial charge in [0, 0.05) is 16.8 Å². The maximum absolute atomic E-state index is 11.0. The van der Waals surface area contributed by atoms with Crippen LogP contribution >= 0.6 is 11.6 Å². The van der Waals surface area contributed by atoms with Gasteiger partial charge in [0.05, 0.1) is 5.69 Å². The molecule has 0 spiro atoms. The first-order chi connectivity index (χ1) is 8.97. The Labute approximate surface area is 116 Å². The van der Waals surface area contributed by atoms with E-state index in [9.17, 15) is 4.79 Å². The minimum atomic E-state index is -0.470. The van der Waals surface area contributed by atoms with Crippen molar-refractivity contribution in [2.24, 2.45) is 5.73 Å². The van der Waals surface area contributed by atoms with Crippen LogP contribution in [0.1, 0.15) is 12.6 Å². The molecule has 0 bridgehead atoms. The van der Waals surface area contributed by atoms with Crippen molar-refractivity contribution < 1.29 is 4.79 Å². The maximum Gasteiger partial charge on any atom is 0.239 e. The molecule has 5 nitrogen and oxygen atoms in total. The highest BCUT2D eigenvalue weighted by molar-refractivity contribution is 6.30. The van der Waals surface area contributed by atoms with E-state index in [1.165, 1.54) is 0 Å². The third-order valence-electron chi connectivity index (χ3n) is 2.73. The van der Waals surface area contributed by atoms with E-state index in [0.29, 0.717) is 10.8 Å². The third kappa shape index (κ3) is 3.06. The van der Waals surface area contributed by atoms with Gasteiger partial charge in [-0.15, -0.1) is 0 Å². The summed E-state index contributed by atoms with van der Waals surface area (Å²) in [5.74, 6) is 0.179. The molecule has 1 aromatic heterocycles. The number of carbonyl (C=O) groups is 1. The summed E-state index contributed by atoms with van der Waals surface area (Å²) >= 11 is 5.96. The van der Waals surface area contributed by atoms with Gasteiger partial charge < -0.3 is 11.1 Å². The zero-order valence-electron chi connectivity index (χ0n) is 10.7. The number of nitrogens with one attached hydrogen (secondary N) is 1. The van der Waals surface area contributed by atoms with E-state index < -0.39 is 11.9 Å². The first-order valence-electron chi connectivity index (χ1n) is 5.86. The van der Waals surface area contributed by atoms with Crippen LogP contribution in [0.25, 0.3) is 5.69 Å². The Hall–Kier alpha value is -2.01. The molecule has 2 aromatic rings. The van der Waals surface area contributed by atoms with Crippen LogP contribution in [0.5, 0.6) is 0 Å². The van der Waals surface area contributed by atoms with Gasteiger partial charge in [-0.25, -0.2) is 4.68 Å². The highest BCUT2D eigenvalue weighted by Gasteiger charge is 2.12. The monoisotopic (exact) mass is 278 g/mol. The van der Waals surface area contributed by atoms with E-state index in [1.54, 1.807) is 17.7 Å². The molecule has 19 heavy (non-hydrogen) atoms. The summed E-state index contributed by atoms with van der Waals surface area (Å²) in [7, 11) is 0. The van der Waals surface area contributed by atoms with Crippen LogP contribution in [-0.4, -0.2) is 21.7 Å². The van der Waals surface area contributed by atoms with E-state index >= 15 is 0 Å². The molecule has 0 fully saturated rings. The fourth-order valence-electron chi connectivity index (χ4n) is 1.71. The molecule has 1 atom stereocenters. The van der Waals surface area contributed by atoms with Gasteiger partial charge in [0.15, 0.2) is 0 Å². The number of nitrogens with zero attached hydrogens (tertiary/aromatic N) is 2. The SMILES string of the molecule is Cc1cc(NC(C)C(N)=O)nn1-c1cccc(Cl)c1. The average Bonchev–Trinajstić information content (AvgIpc) is 2.70. The molecular formula is C13H15ClN4O. The molecule has 0 aliphatic rings. The summed E-state index contributed by atoms with van der Waals surface area (Å²) in [4.78, 5) is 11.0. The summed E-state index contributed by atoms with van der Waals surface area (Å²) in [5, 5.41) is 7.98. The predicted octanol–water partition coefficient (Wildman–Crippen LogP) is 2.12. The topological polar surface area (TPSA) is 72.9 Å². The van der Waals surface area contributed by atoms with Crippen LogP contribution in [0.15, 0.2) is 30.3 Å². The molecule has 2 rings (SSSR count). The van der Waals surface area contributed by atoms with Crippen LogP contribution in [0, 0.1) is 6.92 Å². The molecule has 3 N–H and O–H groups in total. The lowest BCUT2D eigenvalue weighted by molar-refractivity contribution is -0.118. The molecule has 0 aliphatic heterocycles. The fraction of sp³-hybridized carbons (Fsp3) is 0.231. The summed E-state index contributed by atoms with van der Waals surface area (Å²) < 4.78 is 1.75. The lowest BCUT2D eigenvalue weighted by atomic mass is 10.3. The Bertz CT molecular complexity index is 608. The predicted molar refractivity (Wildman–Crippen MR) is 75.6 cm³/mol. The van der Waals surface area contributed by atoms with Crippen molar-refractivity contribution in [3.05, 3.63) is 41.0 Å². The van der Waals surface area contributed by atoms with Crippen molar-refractivity contribution in [3.8, 4) is 5.69 Å². The second-order valence-corrected chi connectivity index (χ2v) is 4.77. The third-order valence-corrected chi connectivity index (χ3v) is 2.97. The zero-order chi connectivity index (χ0) is 14.0. The smallest absolute Gasteiger partial charge is 0.239 e. The molecule has 0 saturated heterocycles. The summed E-state index contributed by atoms with van der Waals surface area (Å²) in [6.07, 6.45) is 0. The quantitative estimate of drug-likeness (QED) is 0.900. The number of aromatic nitrogens is 2. The average molecular weight is 279 g/mol. The highest BCUT2D eigenvalue weighted by Crippen LogP contribution is 2.18. The Morgan fingerprint density at radius 3 is 2.84 bits per heavy atom. The van der Waals surface area contributed by atoms with Gasteiger partial charge in [-0.05, 0) is 32.0 Å². The van der Waals surface area contributed by atoms with Crippen LogP contribution in [0.3, 0.4) is 0 Å². The lowest BCUT2D eigenvalue weighted by Crippen LogP contribution is -2.32. The van der Waals surface area contributed by atoms with Crippen molar-refractivity contribution in [2.45, 2.75) is 19.9 Å². The number of primary amides is 1. The summed E-state index contributed by atoms with van der Waals surface area (Å²) in [6, 6.07) is 8.77. The number of amides is 1. The zero-order valence-corrected chi connectivity index (χ0v) is 11.5. The van der Waals surface area contributed by atoms with E-state index in [1.807, 2.05) is 31.2 Å². The molecule has 0 radical (unpaired) electrons. The van der Waals surface area contributed by atoms with Gasteiger partial charge in [0.1, 0.15) is 11.9 Å². The van der Waals surface area contributed by atoms with Crippen molar-refractivity contribution in [3.63, 3.8) is 0 Å². The van der Waals surface area contributed by atoms with E-state index in [-0.39, 0.29) is 0 Å². The number of benzene rings is 1. The van der Waals surface area contributed by atoms with Crippen molar-refractivity contribution in [1.82, 2.24) is 9.78 Å². The van der Waals surface area contributed by atoms with E-state index in [0.717, 1.165) is 11.4 Å². The number of aryl methyl sites for hydroxylation is 1. The number of nitrogens with two attached hydrogens (primary N) is 1. The molecule has 0 aliphatic carbocycles. The van der Waals surface area contributed by atoms with Gasteiger partial charge in [-0.3, -0.25) is 4.79 Å². The van der Waals surface area contributed by atoms with Crippen LogP contribution < -0.4 is 11.1 Å². The largest absolute Gasteiger partial charge is 0.368 e. The molecule has 100 valence electrons. The van der Waals surface area contributed by atoms with Crippen LogP contribution in [0.4, 0.5) is 5.82 Å². The van der Waals surface area contributed by atoms with Gasteiger partial charge in [0.25, 0.3) is 0 Å². The second kappa shape index (κ2) is 5.32. The number of anilines is 1. The van der Waals surface area contributed by atoms with Gasteiger partial charge in [-0.2, -0.15) is 5.10 Å². The minimum Gasteiger partial charge on any atom is -0.368 e. The normalized spacial score (nSPS) is 12.2. The highest BCUT2D eigenvalue weighted by atomic mass is 35.5. The summed E-state index contributed by atoms with van der Waals surface area (Å²) in [6.45, 7) is 3.62. The lowest BCUT2D eigenvalue weighted by Gasteiger charge is -2.08. The Kier molecular flexibility index (Phi) is 3.76. The molecular weight excluding hydrogens is 264 g/mol. The number of halogens is 1. The number of hydrogen-bond donors (Lipinski definition) is 2. The van der Waals surface area contributed by atoms with Gasteiger partial charge in [-0.1, -0.05) is 17.7 Å². The van der Waals surface area contributed by atoms with Crippen molar-refractivity contribution in [2.75, 3.05) is 5.32 Å². The maximum atomic E-state index is 11.0. The molecule has 1 heterocycles.